The zero-order valence-electron chi connectivity index (χ0n) is 12.8. The molecule has 2 N–H and O–H groups in total. The van der Waals surface area contributed by atoms with Crippen molar-refractivity contribution < 1.29 is 0 Å². The molecule has 0 amide bonds. The van der Waals surface area contributed by atoms with Crippen LogP contribution in [0.3, 0.4) is 0 Å². The number of imidazole rings is 1. The van der Waals surface area contributed by atoms with E-state index in [9.17, 15) is 0 Å². The van der Waals surface area contributed by atoms with E-state index in [-0.39, 0.29) is 0 Å². The summed E-state index contributed by atoms with van der Waals surface area (Å²) in [5.41, 5.74) is 8.34. The van der Waals surface area contributed by atoms with Crippen LogP contribution in [0.2, 0.25) is 0 Å². The molecular formula is C17H24N4. The van der Waals surface area contributed by atoms with E-state index in [1.54, 1.807) is 6.20 Å². The molecule has 3 rings (SSSR count). The summed E-state index contributed by atoms with van der Waals surface area (Å²) in [4.78, 5) is 9.11. The second kappa shape index (κ2) is 6.29. The molecule has 21 heavy (non-hydrogen) atoms. The molecule has 1 saturated carbocycles. The van der Waals surface area contributed by atoms with Crippen LogP contribution in [0.1, 0.15) is 57.2 Å². The smallest absolute Gasteiger partial charge is 0.131 e. The maximum absolute atomic E-state index is 6.42. The highest BCUT2D eigenvalue weighted by Gasteiger charge is 2.25. The number of nitrogens with zero attached hydrogens (tertiary/aromatic N) is 3. The van der Waals surface area contributed by atoms with Crippen LogP contribution in [0.4, 0.5) is 5.82 Å². The molecule has 0 saturated heterocycles. The van der Waals surface area contributed by atoms with E-state index >= 15 is 0 Å². The zero-order chi connectivity index (χ0) is 14.7. The highest BCUT2D eigenvalue weighted by Crippen LogP contribution is 2.37. The maximum atomic E-state index is 6.42. The second-order valence-corrected chi connectivity index (χ2v) is 5.93. The first-order valence-corrected chi connectivity index (χ1v) is 8.07. The monoisotopic (exact) mass is 284 g/mol. The van der Waals surface area contributed by atoms with Gasteiger partial charge in [-0.1, -0.05) is 26.2 Å². The van der Waals surface area contributed by atoms with Crippen molar-refractivity contribution in [1.29, 1.82) is 0 Å². The number of anilines is 1. The minimum atomic E-state index is 0.578. The third-order valence-electron chi connectivity index (χ3n) is 4.43. The predicted octanol–water partition coefficient (Wildman–Crippen LogP) is 3.99. The molecule has 1 fully saturated rings. The van der Waals surface area contributed by atoms with Crippen LogP contribution in [-0.4, -0.2) is 14.5 Å². The van der Waals surface area contributed by atoms with Crippen molar-refractivity contribution in [2.75, 3.05) is 5.73 Å². The van der Waals surface area contributed by atoms with Gasteiger partial charge in [0.05, 0.1) is 0 Å². The van der Waals surface area contributed by atoms with Crippen LogP contribution in [0, 0.1) is 0 Å². The van der Waals surface area contributed by atoms with Crippen LogP contribution in [0.25, 0.3) is 11.3 Å². The number of hydrogen-bond donors (Lipinski definition) is 1. The number of nitrogen functional groups attached to an aromatic ring is 1. The average molecular weight is 284 g/mol. The lowest BCUT2D eigenvalue weighted by Gasteiger charge is -2.13. The molecule has 4 heteroatoms. The van der Waals surface area contributed by atoms with E-state index in [2.05, 4.69) is 16.5 Å². The van der Waals surface area contributed by atoms with Crippen molar-refractivity contribution in [3.8, 4) is 11.3 Å². The molecule has 1 aliphatic carbocycles. The van der Waals surface area contributed by atoms with Gasteiger partial charge in [-0.25, -0.2) is 4.98 Å². The predicted molar refractivity (Wildman–Crippen MR) is 86.0 cm³/mol. The lowest BCUT2D eigenvalue weighted by molar-refractivity contribution is 0.561. The van der Waals surface area contributed by atoms with Crippen molar-refractivity contribution in [2.45, 2.75) is 57.9 Å². The molecule has 0 aromatic carbocycles. The largest absolute Gasteiger partial charge is 0.383 e. The molecular weight excluding hydrogens is 260 g/mol. The zero-order valence-corrected chi connectivity index (χ0v) is 12.8. The van der Waals surface area contributed by atoms with Crippen molar-refractivity contribution >= 4 is 5.82 Å². The summed E-state index contributed by atoms with van der Waals surface area (Å²) in [6, 6.07) is 3.98. The summed E-state index contributed by atoms with van der Waals surface area (Å²) >= 11 is 0. The Morgan fingerprint density at radius 3 is 2.81 bits per heavy atom. The fraction of sp³-hybridized carbons (Fsp3) is 0.529. The van der Waals surface area contributed by atoms with Crippen molar-refractivity contribution in [3.63, 3.8) is 0 Å². The first-order chi connectivity index (χ1) is 10.3. The Morgan fingerprint density at radius 1 is 1.33 bits per heavy atom. The Balaban J connectivity index is 2.01. The molecule has 2 aromatic heterocycles. The number of unbranched alkanes of at least 4 members (excludes halogenated alkanes) is 1. The number of hydrogen-bond acceptors (Lipinski definition) is 3. The summed E-state index contributed by atoms with van der Waals surface area (Å²) in [7, 11) is 0. The fourth-order valence-corrected chi connectivity index (χ4v) is 3.25. The molecule has 0 aliphatic heterocycles. The molecule has 0 bridgehead atoms. The second-order valence-electron chi connectivity index (χ2n) is 5.93. The summed E-state index contributed by atoms with van der Waals surface area (Å²) in [5, 5.41) is 0. The van der Waals surface area contributed by atoms with Gasteiger partial charge in [0.1, 0.15) is 17.3 Å². The minimum absolute atomic E-state index is 0.578. The van der Waals surface area contributed by atoms with E-state index in [4.69, 9.17) is 10.7 Å². The topological polar surface area (TPSA) is 56.7 Å². The summed E-state index contributed by atoms with van der Waals surface area (Å²) in [6.07, 6.45) is 11.1. The van der Waals surface area contributed by atoms with Gasteiger partial charge in [-0.05, 0) is 31.4 Å². The molecule has 0 atom stereocenters. The van der Waals surface area contributed by atoms with Gasteiger partial charge < -0.3 is 10.3 Å². The molecule has 0 spiro atoms. The fourth-order valence-electron chi connectivity index (χ4n) is 3.25. The Labute approximate surface area is 126 Å². The normalized spacial score (nSPS) is 15.7. The molecule has 2 heterocycles. The molecule has 0 radical (unpaired) electrons. The van der Waals surface area contributed by atoms with Crippen molar-refractivity contribution in [1.82, 2.24) is 14.5 Å². The lowest BCUT2D eigenvalue weighted by atomic mass is 10.1. The Morgan fingerprint density at radius 2 is 2.14 bits per heavy atom. The van der Waals surface area contributed by atoms with Crippen LogP contribution in [0.5, 0.6) is 0 Å². The molecule has 2 aromatic rings. The maximum Gasteiger partial charge on any atom is 0.131 e. The number of pyridine rings is 1. The highest BCUT2D eigenvalue weighted by molar-refractivity contribution is 5.70. The van der Waals surface area contributed by atoms with Gasteiger partial charge in [-0.3, -0.25) is 4.98 Å². The van der Waals surface area contributed by atoms with Crippen LogP contribution >= 0.6 is 0 Å². The number of aromatic nitrogens is 3. The Hall–Kier alpha value is -1.84. The van der Waals surface area contributed by atoms with Gasteiger partial charge >= 0.3 is 0 Å². The van der Waals surface area contributed by atoms with Crippen LogP contribution < -0.4 is 5.73 Å². The first-order valence-electron chi connectivity index (χ1n) is 8.07. The third-order valence-corrected chi connectivity index (χ3v) is 4.43. The quantitative estimate of drug-likeness (QED) is 0.903. The van der Waals surface area contributed by atoms with Gasteiger partial charge in [-0.15, -0.1) is 0 Å². The highest BCUT2D eigenvalue weighted by atomic mass is 15.1. The van der Waals surface area contributed by atoms with Crippen LogP contribution in [-0.2, 0) is 6.54 Å². The van der Waals surface area contributed by atoms with Crippen LogP contribution in [0.15, 0.2) is 24.5 Å². The van der Waals surface area contributed by atoms with Gasteiger partial charge in [-0.2, -0.15) is 0 Å². The molecule has 0 unspecified atom stereocenters. The summed E-state index contributed by atoms with van der Waals surface area (Å²) in [5.74, 6) is 2.57. The van der Waals surface area contributed by atoms with E-state index in [1.165, 1.54) is 37.9 Å². The standard InChI is InChI=1S/C17H24N4/c1-2-3-11-21-16(18)15(14-9-6-10-19-12-14)20-17(21)13-7-4-5-8-13/h6,9-10,12-13H,2-5,7-8,11,18H2,1H3. The summed E-state index contributed by atoms with van der Waals surface area (Å²) in [6.45, 7) is 3.19. The average Bonchev–Trinajstić information content (AvgIpc) is 3.14. The first kappa shape index (κ1) is 14.1. The van der Waals surface area contributed by atoms with Crippen molar-refractivity contribution in [2.24, 2.45) is 0 Å². The Kier molecular flexibility index (Phi) is 4.23. The Bertz CT molecular complexity index is 582. The molecule has 112 valence electrons. The number of rotatable bonds is 5. The van der Waals surface area contributed by atoms with E-state index < -0.39 is 0 Å². The van der Waals surface area contributed by atoms with E-state index in [0.29, 0.717) is 5.92 Å². The lowest BCUT2D eigenvalue weighted by Crippen LogP contribution is -2.10. The minimum Gasteiger partial charge on any atom is -0.383 e. The third kappa shape index (κ3) is 2.80. The SMILES string of the molecule is CCCCn1c(C2CCCC2)nc(-c2cccnc2)c1N. The number of nitrogens with two attached hydrogens (primary N) is 1. The summed E-state index contributed by atoms with van der Waals surface area (Å²) < 4.78 is 2.25. The van der Waals surface area contributed by atoms with Gasteiger partial charge in [0.15, 0.2) is 0 Å². The van der Waals surface area contributed by atoms with Crippen molar-refractivity contribution in [3.05, 3.63) is 30.4 Å². The van der Waals surface area contributed by atoms with Gasteiger partial charge in [0.2, 0.25) is 0 Å². The van der Waals surface area contributed by atoms with Gasteiger partial charge in [0, 0.05) is 30.4 Å². The molecule has 1 aliphatic rings. The molecule has 4 nitrogen and oxygen atoms in total. The van der Waals surface area contributed by atoms with E-state index in [0.717, 1.165) is 30.0 Å². The van der Waals surface area contributed by atoms with E-state index in [1.807, 2.05) is 18.3 Å². The van der Waals surface area contributed by atoms with Gasteiger partial charge in [0.25, 0.3) is 0 Å².